The van der Waals surface area contributed by atoms with E-state index in [2.05, 4.69) is 6.92 Å². The Kier molecular flexibility index (Phi) is 5.30. The topological polar surface area (TPSA) is 44.0 Å². The average Bonchev–Trinajstić information content (AvgIpc) is 3.08. The van der Waals surface area contributed by atoms with E-state index in [0.29, 0.717) is 19.5 Å². The van der Waals surface area contributed by atoms with Gasteiger partial charge in [-0.15, -0.1) is 11.3 Å². The van der Waals surface area contributed by atoms with Crippen LogP contribution in [-0.4, -0.2) is 9.13 Å². The number of rotatable bonds is 6. The fourth-order valence-electron chi connectivity index (χ4n) is 4.01. The minimum atomic E-state index is -0.143. The monoisotopic (exact) mass is 382 g/mol. The van der Waals surface area contributed by atoms with Crippen molar-refractivity contribution < 1.29 is 0 Å². The summed E-state index contributed by atoms with van der Waals surface area (Å²) in [4.78, 5) is 28.7. The van der Waals surface area contributed by atoms with Crippen LogP contribution in [0.4, 0.5) is 0 Å². The Morgan fingerprint density at radius 3 is 2.56 bits per heavy atom. The first kappa shape index (κ1) is 18.2. The van der Waals surface area contributed by atoms with Crippen LogP contribution in [0.3, 0.4) is 0 Å². The van der Waals surface area contributed by atoms with Crippen molar-refractivity contribution in [2.24, 2.45) is 0 Å². The maximum atomic E-state index is 13.3. The first-order valence-electron chi connectivity index (χ1n) is 10.0. The molecule has 2 heterocycles. The lowest BCUT2D eigenvalue weighted by atomic mass is 9.97. The van der Waals surface area contributed by atoms with Crippen molar-refractivity contribution in [3.8, 4) is 0 Å². The van der Waals surface area contributed by atoms with Gasteiger partial charge in [-0.2, -0.15) is 0 Å². The van der Waals surface area contributed by atoms with Gasteiger partial charge < -0.3 is 0 Å². The highest BCUT2D eigenvalue weighted by Crippen LogP contribution is 2.34. The maximum Gasteiger partial charge on any atom is 0.332 e. The van der Waals surface area contributed by atoms with Gasteiger partial charge in [0.2, 0.25) is 0 Å². The van der Waals surface area contributed by atoms with Crippen molar-refractivity contribution in [3.05, 3.63) is 67.2 Å². The highest BCUT2D eigenvalue weighted by molar-refractivity contribution is 7.18. The Balaban J connectivity index is 1.84. The van der Waals surface area contributed by atoms with Crippen molar-refractivity contribution in [1.82, 2.24) is 9.13 Å². The summed E-state index contributed by atoms with van der Waals surface area (Å²) in [5.41, 5.74) is 2.13. The molecule has 142 valence electrons. The van der Waals surface area contributed by atoms with Gasteiger partial charge in [0.05, 0.1) is 5.39 Å². The summed E-state index contributed by atoms with van der Waals surface area (Å²) in [6.45, 7) is 3.26. The molecule has 0 saturated carbocycles. The van der Waals surface area contributed by atoms with Crippen LogP contribution in [0.25, 0.3) is 10.2 Å². The standard InChI is InChI=1S/C22H26N2O2S/c1-2-3-14-24-21-19(17-11-7-8-12-18(17)27-21)20(25)23(22(24)26)15-13-16-9-5-4-6-10-16/h4-6,9-10H,2-3,7-8,11-15H2,1H3. The molecule has 0 atom stereocenters. The van der Waals surface area contributed by atoms with Crippen LogP contribution in [-0.2, 0) is 32.4 Å². The molecule has 3 aromatic rings. The molecule has 0 unspecified atom stereocenters. The van der Waals surface area contributed by atoms with E-state index in [0.717, 1.165) is 47.9 Å². The van der Waals surface area contributed by atoms with Crippen molar-refractivity contribution in [2.75, 3.05) is 0 Å². The zero-order valence-corrected chi connectivity index (χ0v) is 16.7. The van der Waals surface area contributed by atoms with Gasteiger partial charge in [0.25, 0.3) is 5.56 Å². The summed E-state index contributed by atoms with van der Waals surface area (Å²) < 4.78 is 3.35. The van der Waals surface area contributed by atoms with Crippen LogP contribution in [0.1, 0.15) is 48.6 Å². The number of hydrogen-bond acceptors (Lipinski definition) is 3. The van der Waals surface area contributed by atoms with Gasteiger partial charge in [-0.1, -0.05) is 43.7 Å². The maximum absolute atomic E-state index is 13.3. The average molecular weight is 383 g/mol. The highest BCUT2D eigenvalue weighted by Gasteiger charge is 2.23. The van der Waals surface area contributed by atoms with Gasteiger partial charge >= 0.3 is 5.69 Å². The smallest absolute Gasteiger partial charge is 0.284 e. The lowest BCUT2D eigenvalue weighted by Gasteiger charge is -2.13. The molecule has 0 N–H and O–H groups in total. The molecule has 0 radical (unpaired) electrons. The molecule has 0 bridgehead atoms. The van der Waals surface area contributed by atoms with Crippen molar-refractivity contribution in [2.45, 2.75) is 65.0 Å². The number of benzene rings is 1. The number of nitrogens with zero attached hydrogens (tertiary/aromatic N) is 2. The minimum absolute atomic E-state index is 0.0851. The Labute approximate surface area is 163 Å². The Morgan fingerprint density at radius 2 is 1.78 bits per heavy atom. The van der Waals surface area contributed by atoms with Gasteiger partial charge in [-0.3, -0.25) is 13.9 Å². The largest absolute Gasteiger partial charge is 0.332 e. The second-order valence-electron chi connectivity index (χ2n) is 7.37. The molecule has 0 amide bonds. The number of hydrogen-bond donors (Lipinski definition) is 0. The lowest BCUT2D eigenvalue weighted by molar-refractivity contribution is 0.552. The Morgan fingerprint density at radius 1 is 1.00 bits per heavy atom. The van der Waals surface area contributed by atoms with Crippen molar-refractivity contribution in [3.63, 3.8) is 0 Å². The SMILES string of the molecule is CCCCn1c(=O)n(CCc2ccccc2)c(=O)c2c3c(sc21)CCCC3. The molecule has 1 aromatic carbocycles. The Hall–Kier alpha value is -2.14. The summed E-state index contributed by atoms with van der Waals surface area (Å²) in [6.07, 6.45) is 7.01. The summed E-state index contributed by atoms with van der Waals surface area (Å²) in [5, 5.41) is 0.818. The van der Waals surface area contributed by atoms with Crippen LogP contribution in [0, 0.1) is 0 Å². The molecule has 0 fully saturated rings. The summed E-state index contributed by atoms with van der Waals surface area (Å²) in [6, 6.07) is 10.1. The normalized spacial score (nSPS) is 13.8. The fraction of sp³-hybridized carbons (Fsp3) is 0.455. The molecular formula is C22H26N2O2S. The molecule has 4 nitrogen and oxygen atoms in total. The number of aromatic nitrogens is 2. The molecule has 27 heavy (non-hydrogen) atoms. The first-order valence-corrected chi connectivity index (χ1v) is 10.8. The van der Waals surface area contributed by atoms with E-state index in [1.165, 1.54) is 21.4 Å². The molecule has 0 saturated heterocycles. The Bertz CT molecular complexity index is 1060. The molecule has 0 aliphatic heterocycles. The third-order valence-electron chi connectivity index (χ3n) is 5.52. The van der Waals surface area contributed by atoms with Gasteiger partial charge in [0.1, 0.15) is 4.83 Å². The second-order valence-corrected chi connectivity index (χ2v) is 8.45. The first-order chi connectivity index (χ1) is 13.2. The second kappa shape index (κ2) is 7.85. The number of thiophene rings is 1. The van der Waals surface area contributed by atoms with Crippen molar-refractivity contribution in [1.29, 1.82) is 0 Å². The van der Waals surface area contributed by atoms with Gasteiger partial charge in [0, 0.05) is 18.0 Å². The van der Waals surface area contributed by atoms with Gasteiger partial charge in [0.15, 0.2) is 0 Å². The van der Waals surface area contributed by atoms with Crippen LogP contribution in [0.2, 0.25) is 0 Å². The highest BCUT2D eigenvalue weighted by atomic mass is 32.1. The van der Waals surface area contributed by atoms with E-state index in [1.807, 2.05) is 34.9 Å². The summed E-state index contributed by atoms with van der Waals surface area (Å²) >= 11 is 1.68. The summed E-state index contributed by atoms with van der Waals surface area (Å²) in [5.74, 6) is 0. The van der Waals surface area contributed by atoms with Crippen LogP contribution in [0.15, 0.2) is 39.9 Å². The molecule has 1 aliphatic carbocycles. The molecule has 0 spiro atoms. The molecule has 4 rings (SSSR count). The predicted molar refractivity (Wildman–Crippen MR) is 112 cm³/mol. The lowest BCUT2D eigenvalue weighted by Crippen LogP contribution is -2.40. The third kappa shape index (κ3) is 3.41. The van der Waals surface area contributed by atoms with E-state index in [1.54, 1.807) is 11.3 Å². The molecule has 2 aromatic heterocycles. The predicted octanol–water partition coefficient (Wildman–Crippen LogP) is 4.15. The van der Waals surface area contributed by atoms with E-state index >= 15 is 0 Å². The van der Waals surface area contributed by atoms with Crippen molar-refractivity contribution >= 4 is 21.6 Å². The van der Waals surface area contributed by atoms with Crippen LogP contribution in [0.5, 0.6) is 0 Å². The summed E-state index contributed by atoms with van der Waals surface area (Å²) in [7, 11) is 0. The van der Waals surface area contributed by atoms with Gasteiger partial charge in [-0.05, 0) is 49.7 Å². The number of unbranched alkanes of at least 4 members (excludes halogenated alkanes) is 1. The van der Waals surface area contributed by atoms with Crippen LogP contribution >= 0.6 is 11.3 Å². The van der Waals surface area contributed by atoms with E-state index in [4.69, 9.17) is 0 Å². The molecule has 5 heteroatoms. The zero-order chi connectivity index (χ0) is 18.8. The molecule has 1 aliphatic rings. The number of aryl methyl sites for hydroxylation is 4. The fourth-order valence-corrected chi connectivity index (χ4v) is 5.41. The zero-order valence-electron chi connectivity index (χ0n) is 15.9. The van der Waals surface area contributed by atoms with Crippen LogP contribution < -0.4 is 11.2 Å². The minimum Gasteiger partial charge on any atom is -0.284 e. The quantitative estimate of drug-likeness (QED) is 0.643. The van der Waals surface area contributed by atoms with E-state index in [9.17, 15) is 9.59 Å². The van der Waals surface area contributed by atoms with E-state index < -0.39 is 0 Å². The third-order valence-corrected chi connectivity index (χ3v) is 6.84. The van der Waals surface area contributed by atoms with Gasteiger partial charge in [-0.25, -0.2) is 4.79 Å². The van der Waals surface area contributed by atoms with E-state index in [-0.39, 0.29) is 11.2 Å². The number of fused-ring (bicyclic) bond motifs is 3. The molecular weight excluding hydrogens is 356 g/mol.